The molecule has 2 heterocycles. The smallest absolute Gasteiger partial charge is 0.435 e. The lowest BCUT2D eigenvalue weighted by Crippen LogP contribution is -2.42. The Hall–Kier alpha value is -1.48. The molecular formula is C19H13Cl3F3NO3S. The van der Waals surface area contributed by atoms with E-state index in [-0.39, 0.29) is 26.3 Å². The number of rotatable bonds is 3. The number of nitrogens with zero attached hydrogens (tertiary/aromatic N) is 1. The molecule has 0 saturated heterocycles. The van der Waals surface area contributed by atoms with Crippen LogP contribution in [0.2, 0.25) is 15.1 Å². The quantitative estimate of drug-likeness (QED) is 0.355. The van der Waals surface area contributed by atoms with Crippen LogP contribution in [0.5, 0.6) is 0 Å². The lowest BCUT2D eigenvalue weighted by molar-refractivity contribution is -0.275. The van der Waals surface area contributed by atoms with E-state index >= 15 is 0 Å². The summed E-state index contributed by atoms with van der Waals surface area (Å²) in [6, 6.07) is 2.17. The van der Waals surface area contributed by atoms with Gasteiger partial charge in [0, 0.05) is 5.56 Å². The normalized spacial score (nSPS) is 20.7. The Labute approximate surface area is 188 Å². The Morgan fingerprint density at radius 2 is 1.83 bits per heavy atom. The standard InChI is InChI=1S/C19H13Cl3F3NO3S/c1-28-17(27)16-10-4-2-3-9(10)15(30-16)13-7-18(29-26-13,19(23,24)25)8-5-11(20)14(22)12(21)6-8/h5-6H,2-4,7H2,1H3. The first kappa shape index (κ1) is 21.7. The number of ether oxygens (including phenoxy) is 1. The summed E-state index contributed by atoms with van der Waals surface area (Å²) in [6.07, 6.45) is -3.29. The van der Waals surface area contributed by atoms with Gasteiger partial charge in [-0.15, -0.1) is 11.3 Å². The molecule has 4 nitrogen and oxygen atoms in total. The summed E-state index contributed by atoms with van der Waals surface area (Å²) in [5.41, 5.74) is -1.30. The number of esters is 1. The van der Waals surface area contributed by atoms with Crippen molar-refractivity contribution in [3.05, 3.63) is 53.6 Å². The van der Waals surface area contributed by atoms with E-state index in [9.17, 15) is 18.0 Å². The van der Waals surface area contributed by atoms with Gasteiger partial charge in [-0.1, -0.05) is 40.0 Å². The molecule has 2 aromatic rings. The van der Waals surface area contributed by atoms with Crippen LogP contribution in [0.15, 0.2) is 17.3 Å². The molecule has 4 rings (SSSR count). The molecule has 0 radical (unpaired) electrons. The topological polar surface area (TPSA) is 47.9 Å². The maximum absolute atomic E-state index is 14.2. The number of carbonyl (C=O) groups is 1. The monoisotopic (exact) mass is 497 g/mol. The molecule has 1 aliphatic heterocycles. The highest BCUT2D eigenvalue weighted by Crippen LogP contribution is 2.51. The number of alkyl halides is 3. The Balaban J connectivity index is 1.78. The van der Waals surface area contributed by atoms with E-state index in [1.54, 1.807) is 0 Å². The zero-order valence-corrected chi connectivity index (χ0v) is 18.4. The fourth-order valence-corrected chi connectivity index (χ4v) is 5.67. The van der Waals surface area contributed by atoms with Gasteiger partial charge >= 0.3 is 12.1 Å². The molecule has 0 spiro atoms. The summed E-state index contributed by atoms with van der Waals surface area (Å²) < 4.78 is 47.5. The molecule has 1 aromatic heterocycles. The summed E-state index contributed by atoms with van der Waals surface area (Å²) in [6.45, 7) is 0. The van der Waals surface area contributed by atoms with E-state index in [0.717, 1.165) is 41.0 Å². The fraction of sp³-hybridized carbons (Fsp3) is 0.368. The maximum Gasteiger partial charge on any atom is 0.435 e. The second-order valence-electron chi connectivity index (χ2n) is 6.95. The molecule has 1 aromatic carbocycles. The molecule has 11 heteroatoms. The highest BCUT2D eigenvalue weighted by molar-refractivity contribution is 7.16. The average molecular weight is 499 g/mol. The van der Waals surface area contributed by atoms with Crippen LogP contribution < -0.4 is 0 Å². The molecule has 2 aliphatic rings. The largest absolute Gasteiger partial charge is 0.465 e. The minimum Gasteiger partial charge on any atom is -0.465 e. The first-order chi connectivity index (χ1) is 14.1. The lowest BCUT2D eigenvalue weighted by Gasteiger charge is -2.29. The molecule has 1 aliphatic carbocycles. The highest BCUT2D eigenvalue weighted by atomic mass is 35.5. The molecule has 160 valence electrons. The van der Waals surface area contributed by atoms with E-state index in [4.69, 9.17) is 44.4 Å². The van der Waals surface area contributed by atoms with E-state index < -0.39 is 24.2 Å². The molecule has 1 unspecified atom stereocenters. The number of halogens is 6. The summed E-state index contributed by atoms with van der Waals surface area (Å²) in [4.78, 5) is 18.1. The van der Waals surface area contributed by atoms with Gasteiger partial charge in [-0.25, -0.2) is 4.79 Å². The van der Waals surface area contributed by atoms with Crippen molar-refractivity contribution in [1.29, 1.82) is 0 Å². The first-order valence-corrected chi connectivity index (χ1v) is 10.7. The number of carbonyl (C=O) groups excluding carboxylic acids is 1. The molecule has 0 bridgehead atoms. The summed E-state index contributed by atoms with van der Waals surface area (Å²) in [5.74, 6) is -0.512. The zero-order chi connectivity index (χ0) is 21.8. The maximum atomic E-state index is 14.2. The molecule has 0 fully saturated rings. The van der Waals surface area contributed by atoms with Crippen LogP contribution >= 0.6 is 46.1 Å². The zero-order valence-electron chi connectivity index (χ0n) is 15.3. The predicted molar refractivity (Wildman–Crippen MR) is 109 cm³/mol. The van der Waals surface area contributed by atoms with E-state index in [1.807, 2.05) is 0 Å². The minimum absolute atomic E-state index is 0.0441. The Morgan fingerprint density at radius 1 is 1.20 bits per heavy atom. The van der Waals surface area contributed by atoms with Crippen molar-refractivity contribution < 1.29 is 27.5 Å². The first-order valence-electron chi connectivity index (χ1n) is 8.79. The third-order valence-electron chi connectivity index (χ3n) is 5.24. The molecule has 30 heavy (non-hydrogen) atoms. The molecular weight excluding hydrogens is 486 g/mol. The van der Waals surface area contributed by atoms with Crippen LogP contribution in [0.1, 0.15) is 44.1 Å². The van der Waals surface area contributed by atoms with E-state index in [1.165, 1.54) is 7.11 Å². The van der Waals surface area contributed by atoms with Crippen molar-refractivity contribution in [3.63, 3.8) is 0 Å². The number of hydrogen-bond donors (Lipinski definition) is 0. The van der Waals surface area contributed by atoms with Gasteiger partial charge in [0.15, 0.2) is 0 Å². The number of methoxy groups -OCH3 is 1. The van der Waals surface area contributed by atoms with Gasteiger partial charge in [-0.2, -0.15) is 13.2 Å². The third kappa shape index (κ3) is 3.28. The van der Waals surface area contributed by atoms with Crippen LogP contribution in [0.3, 0.4) is 0 Å². The second kappa shape index (κ2) is 7.58. The Kier molecular flexibility index (Phi) is 5.50. The van der Waals surface area contributed by atoms with Crippen LogP contribution in [-0.2, 0) is 28.0 Å². The van der Waals surface area contributed by atoms with Crippen LogP contribution in [0, 0.1) is 0 Å². The van der Waals surface area contributed by atoms with E-state index in [2.05, 4.69) is 5.16 Å². The van der Waals surface area contributed by atoms with Gasteiger partial charge < -0.3 is 9.57 Å². The van der Waals surface area contributed by atoms with Crippen LogP contribution in [0.25, 0.3) is 0 Å². The van der Waals surface area contributed by atoms with Gasteiger partial charge in [0.1, 0.15) is 10.6 Å². The summed E-state index contributed by atoms with van der Waals surface area (Å²) in [5, 5.41) is 3.51. The van der Waals surface area contributed by atoms with Gasteiger partial charge in [-0.3, -0.25) is 0 Å². The Bertz CT molecular complexity index is 1060. The second-order valence-corrected chi connectivity index (χ2v) is 9.16. The van der Waals surface area contributed by atoms with Crippen LogP contribution in [-0.4, -0.2) is 25.0 Å². The number of fused-ring (bicyclic) bond motifs is 1. The van der Waals surface area contributed by atoms with Crippen molar-refractivity contribution in [3.8, 4) is 0 Å². The molecule has 0 saturated carbocycles. The summed E-state index contributed by atoms with van der Waals surface area (Å²) >= 11 is 18.9. The average Bonchev–Trinajstić information content (AvgIpc) is 3.39. The SMILES string of the molecule is COC(=O)c1sc(C2=NOC(c3cc(Cl)c(Cl)c(Cl)c3)(C(F)(F)F)C2)c2c1CCC2. The van der Waals surface area contributed by atoms with Crippen molar-refractivity contribution in [2.75, 3.05) is 7.11 Å². The van der Waals surface area contributed by atoms with E-state index in [0.29, 0.717) is 22.6 Å². The van der Waals surface area contributed by atoms with Gasteiger partial charge in [0.05, 0.1) is 33.5 Å². The van der Waals surface area contributed by atoms with Crippen LogP contribution in [0.4, 0.5) is 13.2 Å². The minimum atomic E-state index is -4.82. The number of oxime groups is 1. The number of benzene rings is 1. The van der Waals surface area contributed by atoms with Crippen molar-refractivity contribution in [2.45, 2.75) is 37.5 Å². The van der Waals surface area contributed by atoms with Gasteiger partial charge in [0.25, 0.3) is 5.60 Å². The molecule has 1 atom stereocenters. The van der Waals surface area contributed by atoms with Gasteiger partial charge in [-0.05, 0) is 42.5 Å². The van der Waals surface area contributed by atoms with Gasteiger partial charge in [0.2, 0.25) is 0 Å². The fourth-order valence-electron chi connectivity index (χ4n) is 3.77. The lowest BCUT2D eigenvalue weighted by atomic mass is 9.87. The molecule has 0 amide bonds. The predicted octanol–water partition coefficient (Wildman–Crippen LogP) is 6.57. The molecule has 0 N–H and O–H groups in total. The third-order valence-corrected chi connectivity index (χ3v) is 7.74. The highest BCUT2D eigenvalue weighted by Gasteiger charge is 2.63. The number of hydrogen-bond acceptors (Lipinski definition) is 5. The van der Waals surface area contributed by atoms with Crippen molar-refractivity contribution in [1.82, 2.24) is 0 Å². The Morgan fingerprint density at radius 3 is 2.43 bits per heavy atom. The number of thiophene rings is 1. The van der Waals surface area contributed by atoms with Crippen molar-refractivity contribution >= 4 is 57.8 Å². The van der Waals surface area contributed by atoms with Crippen molar-refractivity contribution in [2.24, 2.45) is 5.16 Å². The summed E-state index contributed by atoms with van der Waals surface area (Å²) in [7, 11) is 1.27.